The first-order chi connectivity index (χ1) is 7.84. The molecule has 0 radical (unpaired) electrons. The van der Waals surface area contributed by atoms with Gasteiger partial charge in [-0.2, -0.15) is 0 Å². The van der Waals surface area contributed by atoms with E-state index >= 15 is 0 Å². The Bertz CT molecular complexity index is 640. The number of halogens is 1. The van der Waals surface area contributed by atoms with E-state index in [0.29, 0.717) is 0 Å². The highest BCUT2D eigenvalue weighted by molar-refractivity contribution is 6.30. The Morgan fingerprint density at radius 1 is 0.938 bits per heavy atom. The van der Waals surface area contributed by atoms with Crippen LogP contribution in [0.1, 0.15) is 0 Å². The number of hydrogen-bond donors (Lipinski definition) is 0. The molecule has 0 unspecified atom stereocenters. The van der Waals surface area contributed by atoms with Gasteiger partial charge in [-0.25, -0.2) is 0 Å². The van der Waals surface area contributed by atoms with Gasteiger partial charge in [-0.05, 0) is 23.8 Å². The molecule has 1 aromatic heterocycles. The van der Waals surface area contributed by atoms with Crippen LogP contribution in [0.15, 0.2) is 59.2 Å². The summed E-state index contributed by atoms with van der Waals surface area (Å²) in [5, 5.41) is 1.85. The van der Waals surface area contributed by atoms with Crippen molar-refractivity contribution in [3.63, 3.8) is 0 Å². The largest absolute Gasteiger partial charge is 0.464 e. The monoisotopic (exact) mass is 228 g/mol. The lowest BCUT2D eigenvalue weighted by Gasteiger charge is -1.98. The lowest BCUT2D eigenvalue weighted by molar-refractivity contribution is 0.617. The molecule has 0 saturated carbocycles. The van der Waals surface area contributed by atoms with Gasteiger partial charge in [-0.15, -0.1) is 0 Å². The zero-order valence-electron chi connectivity index (χ0n) is 8.48. The van der Waals surface area contributed by atoms with Gasteiger partial charge in [0.25, 0.3) is 0 Å². The molecule has 2 aromatic carbocycles. The van der Waals surface area contributed by atoms with Gasteiger partial charge in [-0.3, -0.25) is 0 Å². The molecule has 16 heavy (non-hydrogen) atoms. The summed E-state index contributed by atoms with van der Waals surface area (Å²) in [4.78, 5) is 0. The third kappa shape index (κ3) is 1.50. The van der Waals surface area contributed by atoms with Crippen molar-refractivity contribution in [1.82, 2.24) is 0 Å². The number of furan rings is 1. The molecule has 0 aliphatic rings. The zero-order valence-corrected chi connectivity index (χ0v) is 9.24. The first-order valence-electron chi connectivity index (χ1n) is 5.07. The third-order valence-electron chi connectivity index (χ3n) is 2.62. The number of fused-ring (bicyclic) bond motifs is 1. The molecular weight excluding hydrogens is 220 g/mol. The van der Waals surface area contributed by atoms with E-state index in [1.165, 1.54) is 0 Å². The molecule has 1 heterocycles. The molecule has 0 saturated heterocycles. The summed E-state index contributed by atoms with van der Waals surface area (Å²) in [6.45, 7) is 0. The Morgan fingerprint density at radius 2 is 1.81 bits per heavy atom. The average Bonchev–Trinajstić information content (AvgIpc) is 2.72. The first kappa shape index (κ1) is 9.49. The fourth-order valence-corrected chi connectivity index (χ4v) is 2.05. The topological polar surface area (TPSA) is 13.1 Å². The second kappa shape index (κ2) is 3.69. The molecule has 0 amide bonds. The summed E-state index contributed by atoms with van der Waals surface area (Å²) in [7, 11) is 0. The zero-order chi connectivity index (χ0) is 11.0. The van der Waals surface area contributed by atoms with Crippen molar-refractivity contribution in [2.45, 2.75) is 0 Å². The highest BCUT2D eigenvalue weighted by Gasteiger charge is 2.07. The lowest BCUT2D eigenvalue weighted by Crippen LogP contribution is -1.74. The summed E-state index contributed by atoms with van der Waals surface area (Å²) in [6.07, 6.45) is 1.77. The molecule has 1 nitrogen and oxygen atoms in total. The van der Waals surface area contributed by atoms with Gasteiger partial charge in [0.1, 0.15) is 5.58 Å². The van der Waals surface area contributed by atoms with Gasteiger partial charge in [0.2, 0.25) is 0 Å². The Kier molecular flexibility index (Phi) is 2.19. The summed E-state index contributed by atoms with van der Waals surface area (Å²) >= 11 is 5.98. The molecule has 0 atom stereocenters. The van der Waals surface area contributed by atoms with Crippen molar-refractivity contribution < 1.29 is 4.42 Å². The van der Waals surface area contributed by atoms with Crippen molar-refractivity contribution in [2.24, 2.45) is 0 Å². The number of hydrogen-bond acceptors (Lipinski definition) is 1. The molecule has 3 rings (SSSR count). The highest BCUT2D eigenvalue weighted by atomic mass is 35.5. The van der Waals surface area contributed by atoms with E-state index in [1.807, 2.05) is 42.5 Å². The van der Waals surface area contributed by atoms with Crippen molar-refractivity contribution in [2.75, 3.05) is 0 Å². The van der Waals surface area contributed by atoms with Crippen LogP contribution in [0.3, 0.4) is 0 Å². The smallest absolute Gasteiger partial charge is 0.134 e. The molecule has 0 N–H and O–H groups in total. The Hall–Kier alpha value is -1.73. The average molecular weight is 229 g/mol. The number of rotatable bonds is 1. The van der Waals surface area contributed by atoms with Gasteiger partial charge in [0, 0.05) is 16.0 Å². The number of benzene rings is 2. The molecule has 0 aliphatic carbocycles. The summed E-state index contributed by atoms with van der Waals surface area (Å²) in [5.41, 5.74) is 3.06. The normalized spacial score (nSPS) is 10.8. The Morgan fingerprint density at radius 3 is 2.69 bits per heavy atom. The Balaban J connectivity index is 2.26. The van der Waals surface area contributed by atoms with Crippen molar-refractivity contribution in [1.29, 1.82) is 0 Å². The molecule has 0 bridgehead atoms. The summed E-state index contributed by atoms with van der Waals surface area (Å²) < 4.78 is 5.50. The van der Waals surface area contributed by atoms with Gasteiger partial charge in [-0.1, -0.05) is 41.9 Å². The molecule has 0 spiro atoms. The van der Waals surface area contributed by atoms with Gasteiger partial charge in [0.05, 0.1) is 6.26 Å². The molecule has 2 heteroatoms. The fraction of sp³-hybridized carbons (Fsp3) is 0. The standard InChI is InChI=1S/C14H9ClO/c15-11-5-3-4-10(8-11)13-9-16-14-7-2-1-6-12(13)14/h1-9H. The maximum atomic E-state index is 5.98. The quantitative estimate of drug-likeness (QED) is 0.586. The second-order valence-electron chi connectivity index (χ2n) is 3.66. The van der Waals surface area contributed by atoms with Gasteiger partial charge in [0.15, 0.2) is 0 Å². The molecule has 0 fully saturated rings. The van der Waals surface area contributed by atoms with Crippen LogP contribution >= 0.6 is 11.6 Å². The molecule has 0 aliphatic heterocycles. The predicted molar refractivity (Wildman–Crippen MR) is 66.7 cm³/mol. The molecular formula is C14H9ClO. The van der Waals surface area contributed by atoms with Crippen LogP contribution in [0.2, 0.25) is 5.02 Å². The highest BCUT2D eigenvalue weighted by Crippen LogP contribution is 2.31. The van der Waals surface area contributed by atoms with E-state index in [9.17, 15) is 0 Å². The number of para-hydroxylation sites is 1. The van der Waals surface area contributed by atoms with Crippen LogP contribution in [0, 0.1) is 0 Å². The molecule has 78 valence electrons. The van der Waals surface area contributed by atoms with Crippen LogP contribution in [0.4, 0.5) is 0 Å². The lowest BCUT2D eigenvalue weighted by atomic mass is 10.1. The Labute approximate surface area is 98.3 Å². The minimum atomic E-state index is 0.739. The molecule has 3 aromatic rings. The summed E-state index contributed by atoms with van der Waals surface area (Å²) in [6, 6.07) is 15.8. The van der Waals surface area contributed by atoms with Crippen LogP contribution < -0.4 is 0 Å². The van der Waals surface area contributed by atoms with Crippen molar-refractivity contribution >= 4 is 22.6 Å². The second-order valence-corrected chi connectivity index (χ2v) is 4.09. The van der Waals surface area contributed by atoms with E-state index in [-0.39, 0.29) is 0 Å². The minimum Gasteiger partial charge on any atom is -0.464 e. The van der Waals surface area contributed by atoms with Crippen LogP contribution in [0.25, 0.3) is 22.1 Å². The van der Waals surface area contributed by atoms with E-state index in [2.05, 4.69) is 6.07 Å². The third-order valence-corrected chi connectivity index (χ3v) is 2.85. The first-order valence-corrected chi connectivity index (χ1v) is 5.44. The van der Waals surface area contributed by atoms with E-state index in [4.69, 9.17) is 16.0 Å². The van der Waals surface area contributed by atoms with Crippen molar-refractivity contribution in [3.05, 3.63) is 59.8 Å². The maximum absolute atomic E-state index is 5.98. The van der Waals surface area contributed by atoms with Crippen LogP contribution in [-0.4, -0.2) is 0 Å². The van der Waals surface area contributed by atoms with Gasteiger partial charge >= 0.3 is 0 Å². The predicted octanol–water partition coefficient (Wildman–Crippen LogP) is 4.75. The SMILES string of the molecule is Clc1cccc(-c2coc3ccccc23)c1. The summed E-state index contributed by atoms with van der Waals surface area (Å²) in [5.74, 6) is 0. The van der Waals surface area contributed by atoms with Crippen LogP contribution in [-0.2, 0) is 0 Å². The van der Waals surface area contributed by atoms with E-state index < -0.39 is 0 Å². The van der Waals surface area contributed by atoms with Crippen molar-refractivity contribution in [3.8, 4) is 11.1 Å². The maximum Gasteiger partial charge on any atom is 0.134 e. The minimum absolute atomic E-state index is 0.739. The van der Waals surface area contributed by atoms with Gasteiger partial charge < -0.3 is 4.42 Å². The fourth-order valence-electron chi connectivity index (χ4n) is 1.86. The van der Waals surface area contributed by atoms with E-state index in [0.717, 1.165) is 27.1 Å². The van der Waals surface area contributed by atoms with E-state index in [1.54, 1.807) is 6.26 Å². The van der Waals surface area contributed by atoms with Crippen LogP contribution in [0.5, 0.6) is 0 Å².